The van der Waals surface area contributed by atoms with Crippen LogP contribution in [0.25, 0.3) is 0 Å². The lowest BCUT2D eigenvalue weighted by atomic mass is 9.77. The fraction of sp³-hybridized carbons (Fsp3) is 0.556. The van der Waals surface area contributed by atoms with Crippen LogP contribution >= 0.6 is 11.6 Å². The number of carbonyl (C=O) groups excluding carboxylic acids is 1. The molecular formula is C18H25ClN3O. The molecule has 2 fully saturated rings. The van der Waals surface area contributed by atoms with Gasteiger partial charge in [0.15, 0.2) is 0 Å². The summed E-state index contributed by atoms with van der Waals surface area (Å²) in [5, 5.41) is 7.21. The van der Waals surface area contributed by atoms with Crippen LogP contribution in [0.1, 0.15) is 38.3 Å². The van der Waals surface area contributed by atoms with Crippen molar-refractivity contribution in [3.05, 3.63) is 41.8 Å². The van der Waals surface area contributed by atoms with E-state index in [9.17, 15) is 4.79 Å². The monoisotopic (exact) mass is 334 g/mol. The first-order valence-electron chi connectivity index (χ1n) is 8.26. The summed E-state index contributed by atoms with van der Waals surface area (Å²) in [6, 6.07) is 7.92. The van der Waals surface area contributed by atoms with Gasteiger partial charge in [-0.05, 0) is 63.8 Å². The molecule has 1 aromatic rings. The first kappa shape index (κ1) is 16.6. The molecule has 3 rings (SSSR count). The summed E-state index contributed by atoms with van der Waals surface area (Å²) >= 11 is 6.05. The Balaban J connectivity index is 1.93. The van der Waals surface area contributed by atoms with E-state index >= 15 is 0 Å². The number of benzene rings is 1. The van der Waals surface area contributed by atoms with Gasteiger partial charge in [-0.3, -0.25) is 0 Å². The third-order valence-electron chi connectivity index (χ3n) is 4.89. The van der Waals surface area contributed by atoms with Crippen molar-refractivity contribution in [2.75, 3.05) is 13.1 Å². The van der Waals surface area contributed by atoms with E-state index in [1.165, 1.54) is 0 Å². The number of hydrogen-bond acceptors (Lipinski definition) is 2. The molecule has 1 radical (unpaired) electrons. The molecule has 2 unspecified atom stereocenters. The van der Waals surface area contributed by atoms with Crippen molar-refractivity contribution in [3.63, 3.8) is 0 Å². The third-order valence-corrected chi connectivity index (χ3v) is 5.14. The number of urea groups is 1. The summed E-state index contributed by atoms with van der Waals surface area (Å²) in [5.41, 5.74) is 1.24. The lowest BCUT2D eigenvalue weighted by molar-refractivity contribution is 0.122. The number of carbonyl (C=O) groups is 1. The maximum absolute atomic E-state index is 12.4. The number of nitrogens with zero attached hydrogens (tertiary/aromatic N) is 1. The minimum atomic E-state index is -0.0491. The van der Waals surface area contributed by atoms with Gasteiger partial charge in [0.05, 0.1) is 6.04 Å². The number of nitrogens with one attached hydrogen (secondary N) is 2. The zero-order chi connectivity index (χ0) is 16.6. The maximum Gasteiger partial charge on any atom is 0.318 e. The summed E-state index contributed by atoms with van der Waals surface area (Å²) < 4.78 is 0. The smallest absolute Gasteiger partial charge is 0.318 e. The molecule has 1 aromatic carbocycles. The lowest BCUT2D eigenvalue weighted by Crippen LogP contribution is -2.49. The normalized spacial score (nSPS) is 28.5. The molecule has 125 valence electrons. The van der Waals surface area contributed by atoms with Crippen LogP contribution in [0.15, 0.2) is 24.3 Å². The largest absolute Gasteiger partial charge is 0.333 e. The molecule has 2 saturated heterocycles. The van der Waals surface area contributed by atoms with Crippen molar-refractivity contribution < 1.29 is 4.79 Å². The molecule has 5 heteroatoms. The van der Waals surface area contributed by atoms with E-state index < -0.39 is 0 Å². The number of piperidine rings is 1. The molecule has 0 bridgehead atoms. The number of halogens is 1. The summed E-state index contributed by atoms with van der Waals surface area (Å²) in [5.74, 6) is 0.420. The van der Waals surface area contributed by atoms with Crippen LogP contribution in [-0.2, 0) is 0 Å². The van der Waals surface area contributed by atoms with Gasteiger partial charge in [-0.15, -0.1) is 0 Å². The minimum absolute atomic E-state index is 0.0127. The van der Waals surface area contributed by atoms with Gasteiger partial charge in [-0.1, -0.05) is 23.7 Å². The van der Waals surface area contributed by atoms with E-state index in [4.69, 9.17) is 11.6 Å². The van der Waals surface area contributed by atoms with Gasteiger partial charge in [-0.25, -0.2) is 4.79 Å². The fourth-order valence-corrected chi connectivity index (χ4v) is 4.05. The van der Waals surface area contributed by atoms with Crippen LogP contribution in [0.3, 0.4) is 0 Å². The van der Waals surface area contributed by atoms with Crippen LogP contribution in [0.4, 0.5) is 4.79 Å². The SMILES string of the molecule is [CH2][C@H]1CN(C(c2ccc(Cl)cc2)C2CCNC(C)(C)C2)C(=O)N1. The van der Waals surface area contributed by atoms with E-state index in [-0.39, 0.29) is 23.7 Å². The van der Waals surface area contributed by atoms with E-state index in [0.717, 1.165) is 30.0 Å². The number of hydrogen-bond donors (Lipinski definition) is 2. The average molecular weight is 335 g/mol. The van der Waals surface area contributed by atoms with Crippen molar-refractivity contribution in [2.45, 2.75) is 44.3 Å². The Bertz CT molecular complexity index is 572. The van der Waals surface area contributed by atoms with Crippen molar-refractivity contribution in [1.82, 2.24) is 15.5 Å². The number of rotatable bonds is 3. The second-order valence-corrected chi connectivity index (χ2v) is 7.80. The van der Waals surface area contributed by atoms with E-state index in [1.54, 1.807) is 0 Å². The van der Waals surface area contributed by atoms with Gasteiger partial charge >= 0.3 is 6.03 Å². The molecule has 4 nitrogen and oxygen atoms in total. The van der Waals surface area contributed by atoms with Gasteiger partial charge in [0.25, 0.3) is 0 Å². The van der Waals surface area contributed by atoms with Crippen LogP contribution in [0, 0.1) is 12.8 Å². The van der Waals surface area contributed by atoms with E-state index in [2.05, 4.69) is 31.4 Å². The van der Waals surface area contributed by atoms with Gasteiger partial charge in [0, 0.05) is 23.1 Å². The van der Waals surface area contributed by atoms with Crippen molar-refractivity contribution in [3.8, 4) is 0 Å². The van der Waals surface area contributed by atoms with Crippen LogP contribution < -0.4 is 10.6 Å². The molecule has 3 atom stereocenters. The Kier molecular flexibility index (Phi) is 4.56. The highest BCUT2D eigenvalue weighted by Gasteiger charge is 2.40. The summed E-state index contributed by atoms with van der Waals surface area (Å²) in [7, 11) is 0. The van der Waals surface area contributed by atoms with E-state index in [0.29, 0.717) is 12.5 Å². The predicted octanol–water partition coefficient (Wildman–Crippen LogP) is 3.39. The molecule has 0 spiro atoms. The topological polar surface area (TPSA) is 44.4 Å². The van der Waals surface area contributed by atoms with Crippen molar-refractivity contribution >= 4 is 17.6 Å². The average Bonchev–Trinajstić information content (AvgIpc) is 2.79. The van der Waals surface area contributed by atoms with Crippen LogP contribution in [0.5, 0.6) is 0 Å². The molecule has 2 amide bonds. The number of amides is 2. The second kappa shape index (κ2) is 6.33. The Labute approximate surface area is 143 Å². The van der Waals surface area contributed by atoms with Crippen LogP contribution in [0.2, 0.25) is 5.02 Å². The van der Waals surface area contributed by atoms with Crippen molar-refractivity contribution in [1.29, 1.82) is 0 Å². The molecule has 2 heterocycles. The predicted molar refractivity (Wildman–Crippen MR) is 93.4 cm³/mol. The molecule has 23 heavy (non-hydrogen) atoms. The van der Waals surface area contributed by atoms with Crippen LogP contribution in [-0.4, -0.2) is 35.6 Å². The molecular weight excluding hydrogens is 310 g/mol. The molecule has 0 aromatic heterocycles. The molecule has 2 aliphatic rings. The second-order valence-electron chi connectivity index (χ2n) is 7.36. The first-order valence-corrected chi connectivity index (χ1v) is 8.64. The quantitative estimate of drug-likeness (QED) is 0.890. The van der Waals surface area contributed by atoms with Gasteiger partial charge < -0.3 is 15.5 Å². The molecule has 2 N–H and O–H groups in total. The molecule has 2 aliphatic heterocycles. The zero-order valence-electron chi connectivity index (χ0n) is 13.8. The summed E-state index contributed by atoms with van der Waals surface area (Å²) in [4.78, 5) is 14.4. The van der Waals surface area contributed by atoms with Gasteiger partial charge in [0.2, 0.25) is 0 Å². The Morgan fingerprint density at radius 2 is 2.04 bits per heavy atom. The van der Waals surface area contributed by atoms with Gasteiger partial charge in [0.1, 0.15) is 0 Å². The summed E-state index contributed by atoms with van der Waals surface area (Å²) in [6.07, 6.45) is 2.09. The lowest BCUT2D eigenvalue weighted by Gasteiger charge is -2.43. The van der Waals surface area contributed by atoms with Gasteiger partial charge in [-0.2, -0.15) is 0 Å². The molecule has 0 saturated carbocycles. The highest BCUT2D eigenvalue weighted by molar-refractivity contribution is 6.30. The Morgan fingerprint density at radius 1 is 1.35 bits per heavy atom. The summed E-state index contributed by atoms with van der Waals surface area (Å²) in [6.45, 7) is 10.1. The third kappa shape index (κ3) is 3.64. The highest BCUT2D eigenvalue weighted by atomic mass is 35.5. The Hall–Kier alpha value is -1.26. The van der Waals surface area contributed by atoms with Crippen molar-refractivity contribution in [2.24, 2.45) is 5.92 Å². The zero-order valence-corrected chi connectivity index (χ0v) is 14.6. The fourth-order valence-electron chi connectivity index (χ4n) is 3.93. The van der Waals surface area contributed by atoms with E-state index in [1.807, 2.05) is 29.2 Å². The highest BCUT2D eigenvalue weighted by Crippen LogP contribution is 2.39. The standard InChI is InChI=1S/C18H25ClN3O/c1-12-11-22(17(23)21-12)16(13-4-6-15(19)7-5-13)14-8-9-20-18(2,3)10-14/h4-7,12,14,16,20H,1,8-11H2,2-3H3,(H,21,23)/t12-,14?,16?/m0/s1. The molecule has 0 aliphatic carbocycles. The Morgan fingerprint density at radius 3 is 2.61 bits per heavy atom. The first-order chi connectivity index (χ1) is 10.9. The minimum Gasteiger partial charge on any atom is -0.333 e. The maximum atomic E-state index is 12.4.